The highest BCUT2D eigenvalue weighted by atomic mass is 79.9. The van der Waals surface area contributed by atoms with E-state index in [1.807, 2.05) is 24.0 Å². The molecule has 8 heteroatoms. The minimum absolute atomic E-state index is 0.147. The van der Waals surface area contributed by atoms with Crippen molar-refractivity contribution in [3.63, 3.8) is 0 Å². The lowest BCUT2D eigenvalue weighted by Gasteiger charge is -2.19. The van der Waals surface area contributed by atoms with Gasteiger partial charge in [0.05, 0.1) is 23.1 Å². The fourth-order valence-electron chi connectivity index (χ4n) is 1.99. The largest absolute Gasteiger partial charge is 0.465 e. The minimum Gasteiger partial charge on any atom is -0.465 e. The van der Waals surface area contributed by atoms with Gasteiger partial charge in [0.2, 0.25) is 5.91 Å². The van der Waals surface area contributed by atoms with E-state index in [0.29, 0.717) is 17.1 Å². The molecular formula is C15H17BrN2O3S2. The standard InChI is InChI=1S/C15H17BrN2O3S2/c1-3-18(8-10-4-5-12(16)23-10)9-13(19)17-11-6-7-22-14(11)15(20)21-2/h4-7H,3,8-9H2,1-2H3,(H,17,19). The van der Waals surface area contributed by atoms with Crippen molar-refractivity contribution in [2.45, 2.75) is 13.5 Å². The van der Waals surface area contributed by atoms with Crippen LogP contribution in [0.1, 0.15) is 21.5 Å². The Labute approximate surface area is 151 Å². The van der Waals surface area contributed by atoms with Crippen LogP contribution < -0.4 is 5.32 Å². The topological polar surface area (TPSA) is 58.6 Å². The third-order valence-corrected chi connectivity index (χ3v) is 5.64. The van der Waals surface area contributed by atoms with Gasteiger partial charge in [-0.15, -0.1) is 22.7 Å². The summed E-state index contributed by atoms with van der Waals surface area (Å²) in [6, 6.07) is 5.76. The summed E-state index contributed by atoms with van der Waals surface area (Å²) in [6.45, 7) is 3.76. The fourth-order valence-corrected chi connectivity index (χ4v) is 4.28. The molecule has 0 unspecified atom stereocenters. The molecule has 1 amide bonds. The van der Waals surface area contributed by atoms with Crippen LogP contribution in [0.15, 0.2) is 27.4 Å². The second kappa shape index (κ2) is 8.58. The Kier molecular flexibility index (Phi) is 6.76. The van der Waals surface area contributed by atoms with Crippen LogP contribution >= 0.6 is 38.6 Å². The van der Waals surface area contributed by atoms with Crippen LogP contribution in [0.4, 0.5) is 5.69 Å². The summed E-state index contributed by atoms with van der Waals surface area (Å²) < 4.78 is 5.78. The van der Waals surface area contributed by atoms with Crippen LogP contribution in [0.2, 0.25) is 0 Å². The first-order valence-corrected chi connectivity index (χ1v) is 9.44. The maximum absolute atomic E-state index is 12.2. The Morgan fingerprint density at radius 2 is 2.13 bits per heavy atom. The van der Waals surface area contributed by atoms with E-state index in [2.05, 4.69) is 21.2 Å². The lowest BCUT2D eigenvalue weighted by Crippen LogP contribution is -2.32. The molecule has 124 valence electrons. The number of ether oxygens (including phenoxy) is 1. The lowest BCUT2D eigenvalue weighted by atomic mass is 10.3. The minimum atomic E-state index is -0.439. The number of hydrogen-bond donors (Lipinski definition) is 1. The summed E-state index contributed by atoms with van der Waals surface area (Å²) in [5, 5.41) is 4.54. The van der Waals surface area contributed by atoms with Crippen molar-refractivity contribution in [2.75, 3.05) is 25.5 Å². The SMILES string of the molecule is CCN(CC(=O)Nc1ccsc1C(=O)OC)Cc1ccc(Br)s1. The summed E-state index contributed by atoms with van der Waals surface area (Å²) in [5.41, 5.74) is 0.502. The van der Waals surface area contributed by atoms with Crippen molar-refractivity contribution >= 4 is 56.2 Å². The molecule has 2 rings (SSSR count). The van der Waals surface area contributed by atoms with Crippen molar-refractivity contribution in [2.24, 2.45) is 0 Å². The van der Waals surface area contributed by atoms with E-state index in [1.54, 1.807) is 22.8 Å². The fraction of sp³-hybridized carbons (Fsp3) is 0.333. The normalized spacial score (nSPS) is 10.8. The number of anilines is 1. The van der Waals surface area contributed by atoms with E-state index in [4.69, 9.17) is 4.74 Å². The number of esters is 1. The van der Waals surface area contributed by atoms with Gasteiger partial charge in [0, 0.05) is 11.4 Å². The van der Waals surface area contributed by atoms with Gasteiger partial charge in [-0.1, -0.05) is 6.92 Å². The monoisotopic (exact) mass is 416 g/mol. The summed E-state index contributed by atoms with van der Waals surface area (Å²) in [6.07, 6.45) is 0. The molecule has 2 heterocycles. The number of amides is 1. The second-order valence-electron chi connectivity index (χ2n) is 4.71. The molecule has 0 fully saturated rings. The first kappa shape index (κ1) is 18.1. The molecule has 2 aromatic rings. The van der Waals surface area contributed by atoms with Crippen LogP contribution in [0, 0.1) is 0 Å². The molecule has 0 aliphatic heterocycles. The average Bonchev–Trinajstić information content (AvgIpc) is 3.14. The van der Waals surface area contributed by atoms with Gasteiger partial charge >= 0.3 is 5.97 Å². The van der Waals surface area contributed by atoms with E-state index in [1.165, 1.54) is 23.3 Å². The van der Waals surface area contributed by atoms with E-state index >= 15 is 0 Å². The van der Waals surface area contributed by atoms with Crippen molar-refractivity contribution < 1.29 is 14.3 Å². The van der Waals surface area contributed by atoms with Crippen LogP contribution in [-0.2, 0) is 16.1 Å². The van der Waals surface area contributed by atoms with Gasteiger partial charge in [-0.3, -0.25) is 9.69 Å². The van der Waals surface area contributed by atoms with Crippen molar-refractivity contribution in [3.05, 3.63) is 37.1 Å². The zero-order valence-electron chi connectivity index (χ0n) is 12.8. The molecule has 2 aromatic heterocycles. The van der Waals surface area contributed by atoms with Gasteiger partial charge in [0.25, 0.3) is 0 Å². The first-order chi connectivity index (χ1) is 11.0. The molecule has 0 aromatic carbocycles. The predicted octanol–water partition coefficient (Wildman–Crippen LogP) is 3.82. The summed E-state index contributed by atoms with van der Waals surface area (Å²) in [7, 11) is 1.33. The molecule has 1 N–H and O–H groups in total. The quantitative estimate of drug-likeness (QED) is 0.696. The van der Waals surface area contributed by atoms with Gasteiger partial charge < -0.3 is 10.1 Å². The Hall–Kier alpha value is -1.22. The molecule has 0 aliphatic carbocycles. The lowest BCUT2D eigenvalue weighted by molar-refractivity contribution is -0.117. The van der Waals surface area contributed by atoms with E-state index in [-0.39, 0.29) is 12.5 Å². The number of carbonyl (C=O) groups is 2. The van der Waals surface area contributed by atoms with Crippen molar-refractivity contribution in [1.82, 2.24) is 4.90 Å². The third kappa shape index (κ3) is 5.13. The van der Waals surface area contributed by atoms with Gasteiger partial charge in [-0.05, 0) is 46.1 Å². The molecule has 0 atom stereocenters. The predicted molar refractivity (Wildman–Crippen MR) is 97.3 cm³/mol. The molecule has 23 heavy (non-hydrogen) atoms. The highest BCUT2D eigenvalue weighted by Gasteiger charge is 2.17. The molecule has 5 nitrogen and oxygen atoms in total. The molecule has 0 saturated carbocycles. The van der Waals surface area contributed by atoms with E-state index < -0.39 is 5.97 Å². The number of carbonyl (C=O) groups excluding carboxylic acids is 2. The number of thiophene rings is 2. The zero-order valence-corrected chi connectivity index (χ0v) is 16.0. The molecule has 0 aliphatic rings. The Balaban J connectivity index is 1.95. The van der Waals surface area contributed by atoms with Crippen molar-refractivity contribution in [1.29, 1.82) is 0 Å². The summed E-state index contributed by atoms with van der Waals surface area (Å²) >= 11 is 6.35. The van der Waals surface area contributed by atoms with E-state index in [9.17, 15) is 9.59 Å². The summed E-state index contributed by atoms with van der Waals surface area (Å²) in [4.78, 5) is 27.5. The first-order valence-electron chi connectivity index (χ1n) is 6.95. The number of hydrogen-bond acceptors (Lipinski definition) is 6. The summed E-state index contributed by atoms with van der Waals surface area (Å²) in [5.74, 6) is -0.586. The second-order valence-corrected chi connectivity index (χ2v) is 8.18. The Bertz CT molecular complexity index is 684. The zero-order chi connectivity index (χ0) is 16.8. The number of nitrogens with zero attached hydrogens (tertiary/aromatic N) is 1. The smallest absolute Gasteiger partial charge is 0.350 e. The van der Waals surface area contributed by atoms with Gasteiger partial charge in [-0.25, -0.2) is 4.79 Å². The van der Waals surface area contributed by atoms with Gasteiger partial charge in [0.1, 0.15) is 4.88 Å². The Morgan fingerprint density at radius 1 is 1.35 bits per heavy atom. The van der Waals surface area contributed by atoms with Crippen molar-refractivity contribution in [3.8, 4) is 0 Å². The van der Waals surface area contributed by atoms with Crippen LogP contribution in [0.25, 0.3) is 0 Å². The highest BCUT2D eigenvalue weighted by molar-refractivity contribution is 9.11. The van der Waals surface area contributed by atoms with Crippen LogP contribution in [-0.4, -0.2) is 37.0 Å². The molecule has 0 saturated heterocycles. The molecule has 0 bridgehead atoms. The average molecular weight is 417 g/mol. The number of nitrogens with one attached hydrogen (secondary N) is 1. The molecular weight excluding hydrogens is 400 g/mol. The van der Waals surface area contributed by atoms with E-state index in [0.717, 1.165) is 10.3 Å². The Morgan fingerprint density at radius 3 is 2.74 bits per heavy atom. The van der Waals surface area contributed by atoms with Crippen LogP contribution in [0.5, 0.6) is 0 Å². The number of rotatable bonds is 7. The molecule has 0 radical (unpaired) electrons. The number of likely N-dealkylation sites (N-methyl/N-ethyl adjacent to an activating group) is 1. The maximum atomic E-state index is 12.2. The third-order valence-electron chi connectivity index (χ3n) is 3.13. The van der Waals surface area contributed by atoms with Crippen LogP contribution in [0.3, 0.4) is 0 Å². The van der Waals surface area contributed by atoms with Gasteiger partial charge in [0.15, 0.2) is 0 Å². The number of methoxy groups -OCH3 is 1. The van der Waals surface area contributed by atoms with Gasteiger partial charge in [-0.2, -0.15) is 0 Å². The molecule has 0 spiro atoms. The maximum Gasteiger partial charge on any atom is 0.350 e. The number of halogens is 1. The highest BCUT2D eigenvalue weighted by Crippen LogP contribution is 2.24.